The first-order chi connectivity index (χ1) is 8.43. The van der Waals surface area contributed by atoms with E-state index in [1.165, 1.54) is 0 Å². The predicted octanol–water partition coefficient (Wildman–Crippen LogP) is 2.14. The van der Waals surface area contributed by atoms with Gasteiger partial charge in [-0.1, -0.05) is 13.8 Å². The monoisotopic (exact) mass is 251 g/mol. The first-order valence-corrected chi connectivity index (χ1v) is 6.28. The Morgan fingerprint density at radius 2 is 1.89 bits per heavy atom. The van der Waals surface area contributed by atoms with Crippen LogP contribution in [0.25, 0.3) is 0 Å². The number of carboxylic acid groups (broad SMARTS) is 1. The summed E-state index contributed by atoms with van der Waals surface area (Å²) in [6.07, 6.45) is 1.35. The van der Waals surface area contributed by atoms with Crippen molar-refractivity contribution in [2.24, 2.45) is 0 Å². The molecule has 1 N–H and O–H groups in total. The molecule has 18 heavy (non-hydrogen) atoms. The van der Waals surface area contributed by atoms with Gasteiger partial charge in [-0.25, -0.2) is 4.79 Å². The molecule has 0 aliphatic carbocycles. The quantitative estimate of drug-likeness (QED) is 0.868. The zero-order valence-corrected chi connectivity index (χ0v) is 11.7. The lowest BCUT2D eigenvalue weighted by Gasteiger charge is -2.25. The molecule has 5 nitrogen and oxygen atoms in total. The van der Waals surface area contributed by atoms with Crippen LogP contribution in [0.5, 0.6) is 0 Å². The summed E-state index contributed by atoms with van der Waals surface area (Å²) in [4.78, 5) is 13.3. The van der Waals surface area contributed by atoms with E-state index in [2.05, 4.69) is 10.2 Å². The average molecular weight is 251 g/mol. The Labute approximate surface area is 108 Å². The molecule has 0 radical (unpaired) electrons. The molecule has 0 fully saturated rings. The van der Waals surface area contributed by atoms with Crippen LogP contribution in [-0.2, 0) is 12.8 Å². The first-order valence-electron chi connectivity index (χ1n) is 6.28. The van der Waals surface area contributed by atoms with Gasteiger partial charge in [0.2, 0.25) is 0 Å². The van der Waals surface area contributed by atoms with Gasteiger partial charge in [0.25, 0.3) is 0 Å². The highest BCUT2D eigenvalue weighted by Crippen LogP contribution is 2.24. The molecule has 1 aromatic heterocycles. The van der Waals surface area contributed by atoms with E-state index in [1.807, 2.05) is 39.6 Å². The summed E-state index contributed by atoms with van der Waals surface area (Å²) in [6, 6.07) is 0.176. The molecular formula is C13H21N3O2. The largest absolute Gasteiger partial charge is 0.478 e. The van der Waals surface area contributed by atoms with Gasteiger partial charge in [0.05, 0.1) is 5.69 Å². The van der Waals surface area contributed by atoms with Crippen LogP contribution in [0.1, 0.15) is 49.3 Å². The molecular weight excluding hydrogens is 230 g/mol. The van der Waals surface area contributed by atoms with Crippen molar-refractivity contribution in [1.82, 2.24) is 10.2 Å². The summed E-state index contributed by atoms with van der Waals surface area (Å²) in [7, 11) is 1.84. The number of carbonyl (C=O) groups is 1. The van der Waals surface area contributed by atoms with Crippen molar-refractivity contribution in [3.8, 4) is 0 Å². The molecule has 100 valence electrons. The Balaban J connectivity index is 3.49. The molecule has 0 saturated carbocycles. The summed E-state index contributed by atoms with van der Waals surface area (Å²) in [5.74, 6) is -0.481. The van der Waals surface area contributed by atoms with Gasteiger partial charge in [0.15, 0.2) is 5.82 Å². The summed E-state index contributed by atoms with van der Waals surface area (Å²) in [5.41, 5.74) is 1.86. The molecule has 1 rings (SSSR count). The van der Waals surface area contributed by atoms with Crippen molar-refractivity contribution < 1.29 is 9.90 Å². The molecule has 0 spiro atoms. The maximum atomic E-state index is 11.5. The Bertz CT molecular complexity index is 444. The number of aryl methyl sites for hydroxylation is 1. The third kappa shape index (κ3) is 2.60. The fraction of sp³-hybridized carbons (Fsp3) is 0.615. The number of aromatic carboxylic acids is 1. The zero-order valence-electron chi connectivity index (χ0n) is 11.7. The predicted molar refractivity (Wildman–Crippen MR) is 71.3 cm³/mol. The van der Waals surface area contributed by atoms with Crippen molar-refractivity contribution in [3.05, 3.63) is 16.8 Å². The lowest BCUT2D eigenvalue weighted by atomic mass is 10.0. The van der Waals surface area contributed by atoms with E-state index in [9.17, 15) is 9.90 Å². The van der Waals surface area contributed by atoms with Crippen LogP contribution in [-0.4, -0.2) is 34.4 Å². The minimum Gasteiger partial charge on any atom is -0.478 e. The number of carboxylic acids is 1. The highest BCUT2D eigenvalue weighted by Gasteiger charge is 2.23. The van der Waals surface area contributed by atoms with Crippen LogP contribution in [0.2, 0.25) is 0 Å². The smallest absolute Gasteiger partial charge is 0.339 e. The lowest BCUT2D eigenvalue weighted by molar-refractivity contribution is 0.0695. The van der Waals surface area contributed by atoms with E-state index >= 15 is 0 Å². The Morgan fingerprint density at radius 3 is 2.28 bits per heavy atom. The number of nitrogens with zero attached hydrogens (tertiary/aromatic N) is 3. The highest BCUT2D eigenvalue weighted by molar-refractivity contribution is 5.95. The molecule has 5 heteroatoms. The van der Waals surface area contributed by atoms with E-state index in [4.69, 9.17) is 0 Å². The van der Waals surface area contributed by atoms with Gasteiger partial charge in [-0.15, -0.1) is 5.10 Å². The fourth-order valence-corrected chi connectivity index (χ4v) is 1.88. The van der Waals surface area contributed by atoms with E-state index < -0.39 is 5.97 Å². The van der Waals surface area contributed by atoms with Gasteiger partial charge in [-0.3, -0.25) is 0 Å². The van der Waals surface area contributed by atoms with Gasteiger partial charge in [-0.2, -0.15) is 5.10 Å². The van der Waals surface area contributed by atoms with Crippen molar-refractivity contribution >= 4 is 11.8 Å². The zero-order chi connectivity index (χ0) is 13.9. The summed E-state index contributed by atoms with van der Waals surface area (Å²) in [5, 5.41) is 17.7. The van der Waals surface area contributed by atoms with E-state index in [1.54, 1.807) is 0 Å². The number of rotatable bonds is 5. The van der Waals surface area contributed by atoms with E-state index in [0.29, 0.717) is 24.2 Å². The SMILES string of the molecule is CCc1nnc(N(C)C(C)C)c(C(=O)O)c1CC. The number of aromatic nitrogens is 2. The summed E-state index contributed by atoms with van der Waals surface area (Å²) >= 11 is 0. The van der Waals surface area contributed by atoms with Gasteiger partial charge in [0.1, 0.15) is 5.56 Å². The van der Waals surface area contributed by atoms with Gasteiger partial charge in [-0.05, 0) is 32.3 Å². The van der Waals surface area contributed by atoms with E-state index in [-0.39, 0.29) is 6.04 Å². The number of hydrogen-bond donors (Lipinski definition) is 1. The molecule has 1 heterocycles. The average Bonchev–Trinajstić information content (AvgIpc) is 2.35. The molecule has 1 aromatic rings. The third-order valence-corrected chi connectivity index (χ3v) is 3.15. The standard InChI is InChI=1S/C13H21N3O2/c1-6-9-10(7-2)14-15-12(11(9)13(17)18)16(5)8(3)4/h8H,6-7H2,1-5H3,(H,17,18). The van der Waals surface area contributed by atoms with E-state index in [0.717, 1.165) is 11.3 Å². The minimum absolute atomic E-state index is 0.176. The van der Waals surface area contributed by atoms with Crippen LogP contribution in [0.4, 0.5) is 5.82 Å². The third-order valence-electron chi connectivity index (χ3n) is 3.15. The maximum absolute atomic E-state index is 11.5. The first kappa shape index (κ1) is 14.4. The van der Waals surface area contributed by atoms with Crippen LogP contribution in [0, 0.1) is 0 Å². The summed E-state index contributed by atoms with van der Waals surface area (Å²) < 4.78 is 0. The second kappa shape index (κ2) is 5.80. The molecule has 0 aliphatic rings. The van der Waals surface area contributed by atoms with Gasteiger partial charge in [0, 0.05) is 13.1 Å². The van der Waals surface area contributed by atoms with Crippen molar-refractivity contribution in [1.29, 1.82) is 0 Å². The Kier molecular flexibility index (Phi) is 4.64. The Hall–Kier alpha value is -1.65. The maximum Gasteiger partial charge on any atom is 0.339 e. The molecule has 0 amide bonds. The minimum atomic E-state index is -0.932. The van der Waals surface area contributed by atoms with Crippen molar-refractivity contribution in [3.63, 3.8) is 0 Å². The normalized spacial score (nSPS) is 10.8. The molecule has 0 aromatic carbocycles. The van der Waals surface area contributed by atoms with Gasteiger partial charge >= 0.3 is 5.97 Å². The number of hydrogen-bond acceptors (Lipinski definition) is 4. The Morgan fingerprint density at radius 1 is 1.28 bits per heavy atom. The molecule has 0 saturated heterocycles. The van der Waals surface area contributed by atoms with Gasteiger partial charge < -0.3 is 10.0 Å². The molecule has 0 atom stereocenters. The molecule has 0 unspecified atom stereocenters. The van der Waals surface area contributed by atoms with Crippen LogP contribution in [0.15, 0.2) is 0 Å². The van der Waals surface area contributed by atoms with Crippen molar-refractivity contribution in [2.75, 3.05) is 11.9 Å². The number of anilines is 1. The highest BCUT2D eigenvalue weighted by atomic mass is 16.4. The second-order valence-corrected chi connectivity index (χ2v) is 4.54. The molecule has 0 aliphatic heterocycles. The fourth-order valence-electron chi connectivity index (χ4n) is 1.88. The van der Waals surface area contributed by atoms with Crippen LogP contribution < -0.4 is 4.90 Å². The van der Waals surface area contributed by atoms with Crippen molar-refractivity contribution in [2.45, 2.75) is 46.6 Å². The topological polar surface area (TPSA) is 66.3 Å². The second-order valence-electron chi connectivity index (χ2n) is 4.54. The summed E-state index contributed by atoms with van der Waals surface area (Å²) in [6.45, 7) is 7.89. The van der Waals surface area contributed by atoms with Crippen LogP contribution in [0.3, 0.4) is 0 Å². The van der Waals surface area contributed by atoms with Crippen LogP contribution >= 0.6 is 0 Å². The lowest BCUT2D eigenvalue weighted by Crippen LogP contribution is -2.30. The molecule has 0 bridgehead atoms.